The molecule has 0 aliphatic carbocycles. The lowest BCUT2D eigenvalue weighted by Gasteiger charge is -2.07. The molecule has 0 N–H and O–H groups in total. The standard InChI is InChI=1S/C13H17NO/c1-11-7-4-5-8-12(11)9-6-10-13(15)14(2)3/h4-9H,10H2,1-3H3/b9-6+. The third-order valence-electron chi connectivity index (χ3n) is 2.28. The molecule has 1 aromatic rings. The first kappa shape index (κ1) is 11.5. The smallest absolute Gasteiger partial charge is 0.225 e. The minimum atomic E-state index is 0.125. The highest BCUT2D eigenvalue weighted by Gasteiger charge is 1.99. The molecule has 2 nitrogen and oxygen atoms in total. The van der Waals surface area contributed by atoms with Crippen LogP contribution in [0.4, 0.5) is 0 Å². The summed E-state index contributed by atoms with van der Waals surface area (Å²) in [6.45, 7) is 2.06. The molecule has 0 aliphatic heterocycles. The van der Waals surface area contributed by atoms with Gasteiger partial charge in [0.15, 0.2) is 0 Å². The van der Waals surface area contributed by atoms with E-state index in [1.807, 2.05) is 30.4 Å². The second-order valence-electron chi connectivity index (χ2n) is 3.75. The van der Waals surface area contributed by atoms with Crippen molar-refractivity contribution in [3.63, 3.8) is 0 Å². The van der Waals surface area contributed by atoms with Crippen LogP contribution in [0.3, 0.4) is 0 Å². The van der Waals surface area contributed by atoms with Crippen molar-refractivity contribution in [2.45, 2.75) is 13.3 Å². The van der Waals surface area contributed by atoms with Crippen molar-refractivity contribution < 1.29 is 4.79 Å². The van der Waals surface area contributed by atoms with Gasteiger partial charge in [0.05, 0.1) is 0 Å². The zero-order valence-electron chi connectivity index (χ0n) is 9.53. The van der Waals surface area contributed by atoms with Crippen LogP contribution in [0.25, 0.3) is 6.08 Å². The van der Waals surface area contributed by atoms with Crippen LogP contribution in [0, 0.1) is 6.92 Å². The van der Waals surface area contributed by atoms with Gasteiger partial charge < -0.3 is 4.90 Å². The van der Waals surface area contributed by atoms with Crippen LogP contribution in [0.5, 0.6) is 0 Å². The van der Waals surface area contributed by atoms with Crippen molar-refractivity contribution in [3.05, 3.63) is 41.5 Å². The summed E-state index contributed by atoms with van der Waals surface area (Å²) in [5.41, 5.74) is 2.40. The molecule has 0 bridgehead atoms. The van der Waals surface area contributed by atoms with E-state index >= 15 is 0 Å². The van der Waals surface area contributed by atoms with Crippen molar-refractivity contribution in [1.82, 2.24) is 4.90 Å². The van der Waals surface area contributed by atoms with Crippen molar-refractivity contribution in [2.24, 2.45) is 0 Å². The average molecular weight is 203 g/mol. The van der Waals surface area contributed by atoms with Gasteiger partial charge in [0, 0.05) is 20.5 Å². The van der Waals surface area contributed by atoms with Gasteiger partial charge in [0.1, 0.15) is 0 Å². The Balaban J connectivity index is 2.59. The molecule has 0 saturated heterocycles. The van der Waals surface area contributed by atoms with Crippen molar-refractivity contribution in [2.75, 3.05) is 14.1 Å². The van der Waals surface area contributed by atoms with Crippen LogP contribution >= 0.6 is 0 Å². The van der Waals surface area contributed by atoms with E-state index in [9.17, 15) is 4.79 Å². The van der Waals surface area contributed by atoms with Gasteiger partial charge in [-0.15, -0.1) is 0 Å². The van der Waals surface area contributed by atoms with Crippen molar-refractivity contribution >= 4 is 12.0 Å². The van der Waals surface area contributed by atoms with Crippen LogP contribution in [-0.2, 0) is 4.79 Å². The van der Waals surface area contributed by atoms with Crippen LogP contribution in [0.2, 0.25) is 0 Å². The van der Waals surface area contributed by atoms with Gasteiger partial charge in [-0.1, -0.05) is 36.4 Å². The molecule has 15 heavy (non-hydrogen) atoms. The zero-order valence-corrected chi connectivity index (χ0v) is 9.53. The number of nitrogens with zero attached hydrogens (tertiary/aromatic N) is 1. The Morgan fingerprint density at radius 2 is 2.00 bits per heavy atom. The summed E-state index contributed by atoms with van der Waals surface area (Å²) in [5, 5.41) is 0. The van der Waals surface area contributed by atoms with E-state index in [4.69, 9.17) is 0 Å². The first-order chi connectivity index (χ1) is 7.11. The number of carbonyl (C=O) groups is 1. The van der Waals surface area contributed by atoms with Gasteiger partial charge in [-0.3, -0.25) is 4.79 Å². The molecule has 0 spiro atoms. The normalized spacial score (nSPS) is 10.6. The lowest BCUT2D eigenvalue weighted by atomic mass is 10.1. The molecule has 0 aliphatic rings. The van der Waals surface area contributed by atoms with Crippen LogP contribution in [-0.4, -0.2) is 24.9 Å². The quantitative estimate of drug-likeness (QED) is 0.739. The van der Waals surface area contributed by atoms with E-state index in [0.717, 1.165) is 0 Å². The molecule has 0 saturated carbocycles. The number of benzene rings is 1. The number of carbonyl (C=O) groups excluding carboxylic acids is 1. The molecule has 0 unspecified atom stereocenters. The van der Waals surface area contributed by atoms with Gasteiger partial charge in [-0.25, -0.2) is 0 Å². The minimum absolute atomic E-state index is 0.125. The molecule has 2 heteroatoms. The Hall–Kier alpha value is -1.57. The first-order valence-corrected chi connectivity index (χ1v) is 5.03. The summed E-state index contributed by atoms with van der Waals surface area (Å²) in [5.74, 6) is 0.125. The Morgan fingerprint density at radius 3 is 2.60 bits per heavy atom. The highest BCUT2D eigenvalue weighted by atomic mass is 16.2. The number of aryl methyl sites for hydroxylation is 1. The SMILES string of the molecule is Cc1ccccc1/C=C/CC(=O)N(C)C. The molecule has 1 rings (SSSR count). The molecule has 0 heterocycles. The summed E-state index contributed by atoms with van der Waals surface area (Å²) >= 11 is 0. The van der Waals surface area contributed by atoms with Crippen LogP contribution < -0.4 is 0 Å². The van der Waals surface area contributed by atoms with Gasteiger partial charge in [-0.05, 0) is 18.1 Å². The predicted octanol–water partition coefficient (Wildman–Crippen LogP) is 2.49. The Labute approximate surface area is 91.2 Å². The van der Waals surface area contributed by atoms with Gasteiger partial charge in [0.2, 0.25) is 5.91 Å². The molecule has 0 fully saturated rings. The summed E-state index contributed by atoms with van der Waals surface area (Å²) in [4.78, 5) is 12.9. The topological polar surface area (TPSA) is 20.3 Å². The Bertz CT molecular complexity index is 367. The fourth-order valence-electron chi connectivity index (χ4n) is 1.24. The van der Waals surface area contributed by atoms with Crippen molar-refractivity contribution in [3.8, 4) is 0 Å². The van der Waals surface area contributed by atoms with E-state index in [-0.39, 0.29) is 5.91 Å². The van der Waals surface area contributed by atoms with Crippen LogP contribution in [0.1, 0.15) is 17.5 Å². The lowest BCUT2D eigenvalue weighted by molar-refractivity contribution is -0.127. The average Bonchev–Trinajstić information content (AvgIpc) is 2.20. The summed E-state index contributed by atoms with van der Waals surface area (Å²) in [6, 6.07) is 8.12. The van der Waals surface area contributed by atoms with Gasteiger partial charge in [-0.2, -0.15) is 0 Å². The number of rotatable bonds is 3. The molecular formula is C13H17NO. The third-order valence-corrected chi connectivity index (χ3v) is 2.28. The van der Waals surface area contributed by atoms with E-state index in [1.54, 1.807) is 19.0 Å². The second kappa shape index (κ2) is 5.35. The number of amides is 1. The monoisotopic (exact) mass is 203 g/mol. The fourth-order valence-corrected chi connectivity index (χ4v) is 1.24. The molecule has 1 amide bonds. The zero-order chi connectivity index (χ0) is 11.3. The first-order valence-electron chi connectivity index (χ1n) is 5.03. The Kier molecular flexibility index (Phi) is 4.10. The lowest BCUT2D eigenvalue weighted by Crippen LogP contribution is -2.20. The number of hydrogen-bond donors (Lipinski definition) is 0. The summed E-state index contributed by atoms with van der Waals surface area (Å²) in [6.07, 6.45) is 4.36. The minimum Gasteiger partial charge on any atom is -0.349 e. The molecule has 80 valence electrons. The molecule has 1 aromatic carbocycles. The highest BCUT2D eigenvalue weighted by molar-refractivity contribution is 5.78. The summed E-state index contributed by atoms with van der Waals surface area (Å²) in [7, 11) is 3.54. The van der Waals surface area contributed by atoms with Gasteiger partial charge >= 0.3 is 0 Å². The van der Waals surface area contributed by atoms with Crippen LogP contribution in [0.15, 0.2) is 30.3 Å². The Morgan fingerprint density at radius 1 is 1.33 bits per heavy atom. The molecule has 0 aromatic heterocycles. The van der Waals surface area contributed by atoms with E-state index in [0.29, 0.717) is 6.42 Å². The number of hydrogen-bond acceptors (Lipinski definition) is 1. The summed E-state index contributed by atoms with van der Waals surface area (Å²) < 4.78 is 0. The van der Waals surface area contributed by atoms with E-state index < -0.39 is 0 Å². The largest absolute Gasteiger partial charge is 0.349 e. The molecule has 0 radical (unpaired) electrons. The second-order valence-corrected chi connectivity index (χ2v) is 3.75. The fraction of sp³-hybridized carbons (Fsp3) is 0.308. The highest BCUT2D eigenvalue weighted by Crippen LogP contribution is 2.09. The molecular weight excluding hydrogens is 186 g/mol. The van der Waals surface area contributed by atoms with Gasteiger partial charge in [0.25, 0.3) is 0 Å². The molecule has 0 atom stereocenters. The van der Waals surface area contributed by atoms with E-state index in [2.05, 4.69) is 13.0 Å². The van der Waals surface area contributed by atoms with E-state index in [1.165, 1.54) is 11.1 Å². The maximum atomic E-state index is 11.3. The predicted molar refractivity (Wildman–Crippen MR) is 63.5 cm³/mol. The van der Waals surface area contributed by atoms with Crippen molar-refractivity contribution in [1.29, 1.82) is 0 Å². The maximum absolute atomic E-state index is 11.3. The third kappa shape index (κ3) is 3.58. The maximum Gasteiger partial charge on any atom is 0.225 e.